The van der Waals surface area contributed by atoms with Gasteiger partial charge in [0.25, 0.3) is 0 Å². The van der Waals surface area contributed by atoms with Crippen molar-refractivity contribution in [3.8, 4) is 0 Å². The van der Waals surface area contributed by atoms with Crippen LogP contribution in [0.15, 0.2) is 71.8 Å². The van der Waals surface area contributed by atoms with Gasteiger partial charge in [-0.3, -0.25) is 4.98 Å². The summed E-state index contributed by atoms with van der Waals surface area (Å²) in [6, 6.07) is 16.3. The molecular formula is C35H45N5O6S. The van der Waals surface area contributed by atoms with E-state index in [4.69, 9.17) is 9.47 Å². The van der Waals surface area contributed by atoms with Gasteiger partial charge < -0.3 is 19.8 Å². The van der Waals surface area contributed by atoms with Gasteiger partial charge in [0, 0.05) is 19.7 Å². The summed E-state index contributed by atoms with van der Waals surface area (Å²) in [5.41, 5.74) is 4.22. The number of unbranched alkanes of at least 4 members (excludes halogenated alkanes) is 1. The van der Waals surface area contributed by atoms with Crippen molar-refractivity contribution in [3.63, 3.8) is 0 Å². The number of sulfonamides is 1. The largest absolute Gasteiger partial charge is 0.462 e. The van der Waals surface area contributed by atoms with Gasteiger partial charge in [-0.2, -0.15) is 4.31 Å². The number of hydrogen-bond acceptors (Lipinski definition) is 8. The number of pyridine rings is 1. The summed E-state index contributed by atoms with van der Waals surface area (Å²) in [5.74, 6) is 0.297. The lowest BCUT2D eigenvalue weighted by molar-refractivity contribution is -0.147. The molecule has 4 rings (SSSR count). The minimum atomic E-state index is -3.92. The fourth-order valence-electron chi connectivity index (χ4n) is 5.29. The number of aromatic amines is 1. The van der Waals surface area contributed by atoms with Crippen molar-refractivity contribution in [1.29, 1.82) is 0 Å². The van der Waals surface area contributed by atoms with Gasteiger partial charge in [-0.15, -0.1) is 0 Å². The zero-order valence-corrected chi connectivity index (χ0v) is 28.5. The van der Waals surface area contributed by atoms with Crippen LogP contribution in [0.1, 0.15) is 69.1 Å². The van der Waals surface area contributed by atoms with E-state index in [0.717, 1.165) is 40.1 Å². The number of alkyl carbamates (subject to hydrolysis) is 1. The Kier molecular flexibility index (Phi) is 12.5. The number of likely N-dealkylation sites (N-methyl/N-ethyl adjacent to an activating group) is 1. The number of hydrogen-bond donors (Lipinski definition) is 2. The van der Waals surface area contributed by atoms with E-state index in [1.165, 1.54) is 11.4 Å². The predicted octanol–water partition coefficient (Wildman–Crippen LogP) is 5.92. The molecule has 0 saturated carbocycles. The first-order valence-electron chi connectivity index (χ1n) is 16.0. The van der Waals surface area contributed by atoms with Crippen molar-refractivity contribution in [1.82, 2.24) is 24.6 Å². The molecule has 1 amide bonds. The quantitative estimate of drug-likeness (QED) is 0.141. The van der Waals surface area contributed by atoms with E-state index < -0.39 is 34.2 Å². The average Bonchev–Trinajstić information content (AvgIpc) is 3.45. The topological polar surface area (TPSA) is 144 Å². The molecule has 11 nitrogen and oxygen atoms in total. The number of amides is 1. The summed E-state index contributed by atoms with van der Waals surface area (Å²) in [4.78, 5) is 38.1. The fraction of sp³-hybridized carbons (Fsp3) is 0.429. The molecule has 0 radical (unpaired) electrons. The van der Waals surface area contributed by atoms with Crippen LogP contribution in [0.2, 0.25) is 0 Å². The summed E-state index contributed by atoms with van der Waals surface area (Å²) >= 11 is 0. The number of carbonyl (C=O) groups is 2. The Balaban J connectivity index is 1.41. The maximum absolute atomic E-state index is 13.7. The molecular weight excluding hydrogens is 618 g/mol. The van der Waals surface area contributed by atoms with Crippen LogP contribution in [0.5, 0.6) is 0 Å². The van der Waals surface area contributed by atoms with Crippen molar-refractivity contribution >= 4 is 33.1 Å². The second-order valence-electron chi connectivity index (χ2n) is 12.1. The van der Waals surface area contributed by atoms with Crippen LogP contribution in [0.3, 0.4) is 0 Å². The lowest BCUT2D eigenvalue weighted by Gasteiger charge is -2.29. The Labute approximate surface area is 277 Å². The van der Waals surface area contributed by atoms with E-state index in [1.807, 2.05) is 64.1 Å². The third-order valence-electron chi connectivity index (χ3n) is 7.88. The van der Waals surface area contributed by atoms with E-state index in [-0.39, 0.29) is 24.0 Å². The van der Waals surface area contributed by atoms with Crippen LogP contribution >= 0.6 is 0 Å². The average molecular weight is 664 g/mol. The summed E-state index contributed by atoms with van der Waals surface area (Å²) in [5, 5.41) is 2.63. The third kappa shape index (κ3) is 9.85. The Morgan fingerprint density at radius 1 is 1.00 bits per heavy atom. The van der Waals surface area contributed by atoms with Crippen LogP contribution in [-0.2, 0) is 37.3 Å². The van der Waals surface area contributed by atoms with E-state index >= 15 is 0 Å². The molecule has 252 valence electrons. The molecule has 0 unspecified atom stereocenters. The van der Waals surface area contributed by atoms with Gasteiger partial charge in [-0.25, -0.2) is 23.0 Å². The fourth-order valence-corrected chi connectivity index (χ4v) is 6.64. The maximum Gasteiger partial charge on any atom is 0.408 e. The number of nitrogens with zero attached hydrogens (tertiary/aromatic N) is 3. The van der Waals surface area contributed by atoms with Gasteiger partial charge in [0.15, 0.2) is 0 Å². The molecule has 0 spiro atoms. The minimum absolute atomic E-state index is 0.0686. The Morgan fingerprint density at radius 2 is 1.72 bits per heavy atom. The number of esters is 1. The summed E-state index contributed by atoms with van der Waals surface area (Å²) in [6.45, 7) is 7.74. The lowest BCUT2D eigenvalue weighted by Crippen LogP contribution is -2.45. The van der Waals surface area contributed by atoms with Gasteiger partial charge in [-0.1, -0.05) is 76.1 Å². The van der Waals surface area contributed by atoms with E-state index in [0.29, 0.717) is 25.7 Å². The van der Waals surface area contributed by atoms with Crippen LogP contribution in [0, 0.1) is 12.8 Å². The first kappa shape index (κ1) is 35.6. The number of nitrogens with one attached hydrogen (secondary N) is 2. The molecule has 2 aromatic carbocycles. The number of aromatic nitrogens is 3. The summed E-state index contributed by atoms with van der Waals surface area (Å²) < 4.78 is 39.7. The second-order valence-corrected chi connectivity index (χ2v) is 14.1. The third-order valence-corrected chi connectivity index (χ3v) is 9.80. The first-order valence-corrected chi connectivity index (χ1v) is 17.4. The SMILES string of the molecule is CCCC[C@H](NC(=O)OCc1ccccc1)C(=O)OC[C@H](CC(C)C)N(C)S(=O)(=O)c1ccc(Cc2nccc3[nH]c(C)nc23)cc1. The number of rotatable bonds is 16. The normalized spacial score (nSPS) is 13.1. The van der Waals surface area contributed by atoms with Gasteiger partial charge in [0.1, 0.15) is 30.6 Å². The number of imidazole rings is 1. The second kappa shape index (κ2) is 16.5. The van der Waals surface area contributed by atoms with Crippen LogP contribution in [-0.4, -0.2) is 65.5 Å². The van der Waals surface area contributed by atoms with Crippen LogP contribution in [0.4, 0.5) is 4.79 Å². The molecule has 0 aliphatic heterocycles. The zero-order valence-electron chi connectivity index (χ0n) is 27.7. The molecule has 0 fully saturated rings. The van der Waals surface area contributed by atoms with Crippen molar-refractivity contribution in [2.45, 2.75) is 83.4 Å². The zero-order chi connectivity index (χ0) is 34.0. The maximum atomic E-state index is 13.7. The number of ether oxygens (including phenoxy) is 2. The van der Waals surface area contributed by atoms with Crippen molar-refractivity contribution in [2.75, 3.05) is 13.7 Å². The number of benzene rings is 2. The monoisotopic (exact) mass is 663 g/mol. The standard InChI is InChI=1S/C35H45N5O6S/c1-6-7-13-31(39-35(42)46-22-27-11-9-8-10-12-27)34(41)45-23-28(20-24(2)3)40(5)47(43,44)29-16-14-26(15-17-29)21-32-33-30(18-19-36-32)37-25(4)38-33/h8-12,14-19,24,28,31H,6-7,13,20-23H2,1-5H3,(H,37,38)(H,39,42)/t28-,31-/m0/s1. The highest BCUT2D eigenvalue weighted by Crippen LogP contribution is 2.23. The minimum Gasteiger partial charge on any atom is -0.462 e. The molecule has 2 heterocycles. The predicted molar refractivity (Wildman–Crippen MR) is 180 cm³/mol. The van der Waals surface area contributed by atoms with Gasteiger partial charge >= 0.3 is 12.1 Å². The summed E-state index contributed by atoms with van der Waals surface area (Å²) in [6.07, 6.45) is 3.84. The van der Waals surface area contributed by atoms with E-state index in [2.05, 4.69) is 20.3 Å². The summed E-state index contributed by atoms with van der Waals surface area (Å²) in [7, 11) is -2.42. The van der Waals surface area contributed by atoms with Gasteiger partial charge in [0.05, 0.1) is 22.1 Å². The van der Waals surface area contributed by atoms with Gasteiger partial charge in [-0.05, 0) is 55.0 Å². The van der Waals surface area contributed by atoms with Crippen molar-refractivity contribution in [2.24, 2.45) is 5.92 Å². The van der Waals surface area contributed by atoms with E-state index in [9.17, 15) is 18.0 Å². The Morgan fingerprint density at radius 3 is 2.40 bits per heavy atom. The highest BCUT2D eigenvalue weighted by atomic mass is 32.2. The highest BCUT2D eigenvalue weighted by Gasteiger charge is 2.31. The molecule has 2 N–H and O–H groups in total. The number of fused-ring (bicyclic) bond motifs is 1. The van der Waals surface area contributed by atoms with Crippen LogP contribution in [0.25, 0.3) is 11.0 Å². The molecule has 4 aromatic rings. The molecule has 0 bridgehead atoms. The molecule has 0 aliphatic carbocycles. The molecule has 0 saturated heterocycles. The van der Waals surface area contributed by atoms with E-state index in [1.54, 1.807) is 30.5 Å². The van der Waals surface area contributed by atoms with Gasteiger partial charge in [0.2, 0.25) is 10.0 Å². The number of aryl methyl sites for hydroxylation is 1. The Hall–Kier alpha value is -4.29. The smallest absolute Gasteiger partial charge is 0.408 e. The van der Waals surface area contributed by atoms with Crippen LogP contribution < -0.4 is 5.32 Å². The number of carbonyl (C=O) groups excluding carboxylic acids is 2. The van der Waals surface area contributed by atoms with Crippen molar-refractivity contribution in [3.05, 3.63) is 89.5 Å². The molecule has 2 aromatic heterocycles. The number of H-pyrrole nitrogens is 1. The highest BCUT2D eigenvalue weighted by molar-refractivity contribution is 7.89. The Bertz CT molecular complexity index is 1720. The molecule has 2 atom stereocenters. The first-order chi connectivity index (χ1) is 22.5. The lowest BCUT2D eigenvalue weighted by atomic mass is 10.0. The molecule has 12 heteroatoms. The molecule has 0 aliphatic rings. The molecule has 47 heavy (non-hydrogen) atoms. The van der Waals surface area contributed by atoms with Crippen molar-refractivity contribution < 1.29 is 27.5 Å².